The van der Waals surface area contributed by atoms with E-state index in [9.17, 15) is 9.59 Å². The van der Waals surface area contributed by atoms with Gasteiger partial charge >= 0.3 is 6.03 Å². The van der Waals surface area contributed by atoms with Crippen molar-refractivity contribution in [2.24, 2.45) is 0 Å². The Labute approximate surface area is 151 Å². The molecular weight excluding hydrogens is 336 g/mol. The molecule has 2 aromatic carbocycles. The number of hydrogen-bond donors (Lipinski definition) is 1. The lowest BCUT2D eigenvalue weighted by molar-refractivity contribution is -0.119. The number of amides is 3. The number of carbonyl (C=O) groups is 2. The topological polar surface area (TPSA) is 49.4 Å². The van der Waals surface area contributed by atoms with Crippen molar-refractivity contribution < 1.29 is 9.59 Å². The molecular formula is C20H17ClN2O2. The molecule has 0 radical (unpaired) electrons. The van der Waals surface area contributed by atoms with E-state index in [0.29, 0.717) is 16.3 Å². The van der Waals surface area contributed by atoms with E-state index in [-0.39, 0.29) is 12.3 Å². The van der Waals surface area contributed by atoms with Crippen LogP contribution in [0.5, 0.6) is 0 Å². The van der Waals surface area contributed by atoms with E-state index in [1.165, 1.54) is 0 Å². The predicted octanol–water partition coefficient (Wildman–Crippen LogP) is 3.96. The zero-order chi connectivity index (χ0) is 18.0. The van der Waals surface area contributed by atoms with Crippen molar-refractivity contribution in [1.82, 2.24) is 5.32 Å². The third-order valence-electron chi connectivity index (χ3n) is 3.80. The molecule has 1 N–H and O–H groups in total. The maximum absolute atomic E-state index is 12.3. The van der Waals surface area contributed by atoms with Gasteiger partial charge in [-0.15, -0.1) is 0 Å². The van der Waals surface area contributed by atoms with E-state index >= 15 is 0 Å². The molecule has 0 atom stereocenters. The molecule has 0 saturated carbocycles. The van der Waals surface area contributed by atoms with Crippen LogP contribution in [0.2, 0.25) is 5.02 Å². The molecule has 3 rings (SSSR count). The number of halogens is 1. The van der Waals surface area contributed by atoms with Gasteiger partial charge < -0.3 is 5.32 Å². The second kappa shape index (κ2) is 6.62. The summed E-state index contributed by atoms with van der Waals surface area (Å²) in [6.07, 6.45) is 0.213. The second-order valence-electron chi connectivity index (χ2n) is 6.50. The van der Waals surface area contributed by atoms with Crippen molar-refractivity contribution in [2.45, 2.75) is 25.8 Å². The maximum Gasteiger partial charge on any atom is 0.329 e. The summed E-state index contributed by atoms with van der Waals surface area (Å²) in [5, 5.41) is 3.11. The van der Waals surface area contributed by atoms with E-state index in [1.54, 1.807) is 18.2 Å². The zero-order valence-corrected chi connectivity index (χ0v) is 14.7. The van der Waals surface area contributed by atoms with Crippen molar-refractivity contribution in [1.29, 1.82) is 0 Å². The Hall–Kier alpha value is -2.77. The van der Waals surface area contributed by atoms with Crippen LogP contribution in [0.4, 0.5) is 10.5 Å². The molecule has 1 aliphatic heterocycles. The normalized spacial score (nSPS) is 16.0. The van der Waals surface area contributed by atoms with Gasteiger partial charge in [0.1, 0.15) is 0 Å². The molecule has 3 amide bonds. The summed E-state index contributed by atoms with van der Waals surface area (Å²) in [6.45, 7) is 3.62. The molecule has 1 saturated heterocycles. The lowest BCUT2D eigenvalue weighted by atomic mass is 9.97. The maximum atomic E-state index is 12.3. The third kappa shape index (κ3) is 3.84. The van der Waals surface area contributed by atoms with Crippen molar-refractivity contribution in [2.75, 3.05) is 4.90 Å². The van der Waals surface area contributed by atoms with Gasteiger partial charge in [0.2, 0.25) is 5.91 Å². The zero-order valence-electron chi connectivity index (χ0n) is 14.0. The molecule has 2 aromatic rings. The van der Waals surface area contributed by atoms with Gasteiger partial charge in [-0.25, -0.2) is 9.69 Å². The monoisotopic (exact) mass is 352 g/mol. The lowest BCUT2D eigenvalue weighted by Crippen LogP contribution is -2.59. The molecule has 5 heteroatoms. The SMILES string of the molecule is CC1(C)CC(=O)N(c2ccc(C#Cc3ccccc3)cc2Cl)C(=O)N1. The van der Waals surface area contributed by atoms with Gasteiger partial charge in [0, 0.05) is 16.7 Å². The first kappa shape index (κ1) is 17.1. The van der Waals surface area contributed by atoms with Gasteiger partial charge in [0.25, 0.3) is 0 Å². The molecule has 126 valence electrons. The Kier molecular flexibility index (Phi) is 4.52. The summed E-state index contributed by atoms with van der Waals surface area (Å²) < 4.78 is 0. The van der Waals surface area contributed by atoms with E-state index in [2.05, 4.69) is 17.2 Å². The van der Waals surface area contributed by atoms with Gasteiger partial charge in [-0.2, -0.15) is 0 Å². The molecule has 0 aliphatic carbocycles. The number of nitrogens with one attached hydrogen (secondary N) is 1. The highest BCUT2D eigenvalue weighted by Crippen LogP contribution is 2.30. The minimum absolute atomic E-state index is 0.213. The minimum atomic E-state index is -0.557. The summed E-state index contributed by atoms with van der Waals surface area (Å²) in [5.41, 5.74) is 1.42. The van der Waals surface area contributed by atoms with Gasteiger partial charge in [-0.1, -0.05) is 41.6 Å². The van der Waals surface area contributed by atoms with Crippen molar-refractivity contribution >= 4 is 29.2 Å². The average molecular weight is 353 g/mol. The first-order valence-electron chi connectivity index (χ1n) is 7.87. The predicted molar refractivity (Wildman–Crippen MR) is 98.6 cm³/mol. The first-order valence-corrected chi connectivity index (χ1v) is 8.25. The molecule has 1 heterocycles. The van der Waals surface area contributed by atoms with Crippen LogP contribution in [0.3, 0.4) is 0 Å². The standard InChI is InChI=1S/C20H17ClN2O2/c1-20(2)13-18(24)23(19(25)22-20)17-11-10-15(12-16(17)21)9-8-14-6-4-3-5-7-14/h3-7,10-12H,13H2,1-2H3,(H,22,25). The van der Waals surface area contributed by atoms with E-state index in [4.69, 9.17) is 11.6 Å². The second-order valence-corrected chi connectivity index (χ2v) is 6.91. The molecule has 1 fully saturated rings. The van der Waals surface area contributed by atoms with E-state index in [1.807, 2.05) is 44.2 Å². The molecule has 25 heavy (non-hydrogen) atoms. The number of rotatable bonds is 1. The number of anilines is 1. The number of hydrogen-bond acceptors (Lipinski definition) is 2. The fourth-order valence-corrected chi connectivity index (χ4v) is 2.90. The minimum Gasteiger partial charge on any atom is -0.332 e. The lowest BCUT2D eigenvalue weighted by Gasteiger charge is -2.36. The summed E-state index contributed by atoms with van der Waals surface area (Å²) in [7, 11) is 0. The van der Waals surface area contributed by atoms with E-state index in [0.717, 1.165) is 10.5 Å². The third-order valence-corrected chi connectivity index (χ3v) is 4.11. The van der Waals surface area contributed by atoms with Gasteiger partial charge in [0.05, 0.1) is 17.1 Å². The fraction of sp³-hybridized carbons (Fsp3) is 0.200. The Bertz CT molecular complexity index is 875. The van der Waals surface area contributed by atoms with Crippen LogP contribution in [0.1, 0.15) is 31.4 Å². The van der Waals surface area contributed by atoms with Gasteiger partial charge in [-0.05, 0) is 44.2 Å². The van der Waals surface area contributed by atoms with Crippen molar-refractivity contribution in [3.05, 3.63) is 64.7 Å². The van der Waals surface area contributed by atoms with Crippen LogP contribution in [0, 0.1) is 11.8 Å². The van der Waals surface area contributed by atoms with Crippen LogP contribution in [0.25, 0.3) is 0 Å². The van der Waals surface area contributed by atoms with Crippen LogP contribution in [-0.4, -0.2) is 17.5 Å². The summed E-state index contributed by atoms with van der Waals surface area (Å²) >= 11 is 6.30. The molecule has 0 unspecified atom stereocenters. The largest absolute Gasteiger partial charge is 0.332 e. The Morgan fingerprint density at radius 1 is 1.04 bits per heavy atom. The van der Waals surface area contributed by atoms with Crippen molar-refractivity contribution in [3.63, 3.8) is 0 Å². The summed E-state index contributed by atoms with van der Waals surface area (Å²) in [4.78, 5) is 25.7. The fourth-order valence-electron chi connectivity index (χ4n) is 2.64. The number of imide groups is 1. The van der Waals surface area contributed by atoms with Crippen LogP contribution in [-0.2, 0) is 4.79 Å². The molecule has 4 nitrogen and oxygen atoms in total. The Morgan fingerprint density at radius 2 is 1.72 bits per heavy atom. The van der Waals surface area contributed by atoms with Gasteiger partial charge in [0.15, 0.2) is 0 Å². The molecule has 1 aliphatic rings. The average Bonchev–Trinajstić information content (AvgIpc) is 2.54. The first-order chi connectivity index (χ1) is 11.9. The highest BCUT2D eigenvalue weighted by atomic mass is 35.5. The van der Waals surface area contributed by atoms with Crippen molar-refractivity contribution in [3.8, 4) is 11.8 Å². The van der Waals surface area contributed by atoms with Crippen LogP contribution < -0.4 is 10.2 Å². The molecule has 0 spiro atoms. The molecule has 0 aromatic heterocycles. The number of benzene rings is 2. The van der Waals surface area contributed by atoms with Crippen LogP contribution in [0.15, 0.2) is 48.5 Å². The Balaban J connectivity index is 1.87. The number of carbonyl (C=O) groups excluding carboxylic acids is 2. The number of urea groups is 1. The highest BCUT2D eigenvalue weighted by molar-refractivity contribution is 6.35. The molecule has 0 bridgehead atoms. The smallest absolute Gasteiger partial charge is 0.329 e. The summed E-state index contributed by atoms with van der Waals surface area (Å²) in [5.74, 6) is 5.80. The van der Waals surface area contributed by atoms with E-state index < -0.39 is 11.6 Å². The quantitative estimate of drug-likeness (QED) is 0.790. The van der Waals surface area contributed by atoms with Gasteiger partial charge in [-0.3, -0.25) is 4.79 Å². The number of nitrogens with zero attached hydrogens (tertiary/aromatic N) is 1. The summed E-state index contributed by atoms with van der Waals surface area (Å²) in [6, 6.07) is 14.2. The highest BCUT2D eigenvalue weighted by Gasteiger charge is 2.38. The Morgan fingerprint density at radius 3 is 2.36 bits per heavy atom. The van der Waals surface area contributed by atoms with Crippen LogP contribution >= 0.6 is 11.6 Å².